The molecule has 1 rings (SSSR count). The number of carboxylic acids is 1. The van der Waals surface area contributed by atoms with Crippen molar-refractivity contribution in [3.63, 3.8) is 0 Å². The van der Waals surface area contributed by atoms with Crippen molar-refractivity contribution in [2.24, 2.45) is 11.8 Å². The number of rotatable bonds is 7. The summed E-state index contributed by atoms with van der Waals surface area (Å²) >= 11 is 0. The summed E-state index contributed by atoms with van der Waals surface area (Å²) in [5, 5.41) is 8.96. The summed E-state index contributed by atoms with van der Waals surface area (Å²) < 4.78 is 5.09. The van der Waals surface area contributed by atoms with Crippen molar-refractivity contribution in [3.05, 3.63) is 24.2 Å². The molecule has 5 nitrogen and oxygen atoms in total. The molecule has 0 radical (unpaired) electrons. The summed E-state index contributed by atoms with van der Waals surface area (Å²) in [5.74, 6) is -1.04. The molecule has 5 heteroatoms. The predicted molar refractivity (Wildman–Crippen MR) is 70.9 cm³/mol. The van der Waals surface area contributed by atoms with Crippen molar-refractivity contribution < 1.29 is 19.1 Å². The first-order valence-electron chi connectivity index (χ1n) is 6.47. The number of nitrogens with zero attached hydrogens (tertiary/aromatic N) is 1. The number of carbonyl (C=O) groups is 2. The van der Waals surface area contributed by atoms with Gasteiger partial charge in [-0.05, 0) is 24.5 Å². The second-order valence-corrected chi connectivity index (χ2v) is 5.15. The molecule has 1 heterocycles. The fourth-order valence-electron chi connectivity index (χ4n) is 1.65. The Kier molecular flexibility index (Phi) is 5.60. The maximum absolute atomic E-state index is 12.2. The van der Waals surface area contributed by atoms with Crippen molar-refractivity contribution in [3.8, 4) is 0 Å². The molecule has 0 saturated carbocycles. The molecule has 0 aliphatic rings. The standard InChI is InChI=1S/C14H21NO4/c1-10(2)6-7-15(9-11(3)14(17)18)13(16)12-5-4-8-19-12/h4-5,8,10-11H,6-7,9H2,1-3H3,(H,17,18). The van der Waals surface area contributed by atoms with E-state index in [1.165, 1.54) is 6.26 Å². The molecule has 1 amide bonds. The van der Waals surface area contributed by atoms with E-state index in [9.17, 15) is 9.59 Å². The maximum atomic E-state index is 12.2. The molecule has 0 spiro atoms. The molecule has 0 saturated heterocycles. The highest BCUT2D eigenvalue weighted by Gasteiger charge is 2.23. The third kappa shape index (κ3) is 4.77. The fraction of sp³-hybridized carbons (Fsp3) is 0.571. The zero-order chi connectivity index (χ0) is 14.4. The van der Waals surface area contributed by atoms with Gasteiger partial charge >= 0.3 is 5.97 Å². The van der Waals surface area contributed by atoms with Gasteiger partial charge in [0.15, 0.2) is 5.76 Å². The highest BCUT2D eigenvalue weighted by atomic mass is 16.4. The van der Waals surface area contributed by atoms with Gasteiger partial charge in [0.1, 0.15) is 0 Å². The average molecular weight is 267 g/mol. The molecule has 1 aromatic rings. The van der Waals surface area contributed by atoms with E-state index >= 15 is 0 Å². The van der Waals surface area contributed by atoms with Crippen LogP contribution in [-0.4, -0.2) is 35.0 Å². The number of furan rings is 1. The predicted octanol–water partition coefficient (Wildman–Crippen LogP) is 2.49. The van der Waals surface area contributed by atoms with E-state index < -0.39 is 11.9 Å². The Morgan fingerprint density at radius 3 is 2.53 bits per heavy atom. The lowest BCUT2D eigenvalue weighted by Crippen LogP contribution is -2.37. The van der Waals surface area contributed by atoms with Gasteiger partial charge in [-0.3, -0.25) is 9.59 Å². The van der Waals surface area contributed by atoms with Crippen molar-refractivity contribution in [1.82, 2.24) is 4.90 Å². The molecule has 0 aliphatic heterocycles. The van der Waals surface area contributed by atoms with Crippen LogP contribution >= 0.6 is 0 Å². The van der Waals surface area contributed by atoms with Gasteiger partial charge in [0.25, 0.3) is 5.91 Å². The van der Waals surface area contributed by atoms with Gasteiger partial charge in [0.05, 0.1) is 12.2 Å². The van der Waals surface area contributed by atoms with E-state index in [2.05, 4.69) is 13.8 Å². The fourth-order valence-corrected chi connectivity index (χ4v) is 1.65. The molecule has 1 aromatic heterocycles. The number of hydrogen-bond acceptors (Lipinski definition) is 3. The van der Waals surface area contributed by atoms with Crippen molar-refractivity contribution in [1.29, 1.82) is 0 Å². The van der Waals surface area contributed by atoms with Crippen LogP contribution < -0.4 is 0 Å². The van der Waals surface area contributed by atoms with Crippen LogP contribution in [0.3, 0.4) is 0 Å². The Morgan fingerprint density at radius 1 is 1.37 bits per heavy atom. The Labute approximate surface area is 113 Å². The molecule has 0 aromatic carbocycles. The van der Waals surface area contributed by atoms with E-state index in [0.717, 1.165) is 6.42 Å². The van der Waals surface area contributed by atoms with E-state index in [1.807, 2.05) is 0 Å². The Balaban J connectivity index is 2.73. The number of carbonyl (C=O) groups excluding carboxylic acids is 1. The van der Waals surface area contributed by atoms with Gasteiger partial charge in [0, 0.05) is 13.1 Å². The second-order valence-electron chi connectivity index (χ2n) is 5.15. The topological polar surface area (TPSA) is 70.8 Å². The lowest BCUT2D eigenvalue weighted by Gasteiger charge is -2.24. The van der Waals surface area contributed by atoms with Gasteiger partial charge in [-0.15, -0.1) is 0 Å². The van der Waals surface area contributed by atoms with Crippen LogP contribution in [0.4, 0.5) is 0 Å². The van der Waals surface area contributed by atoms with Gasteiger partial charge < -0.3 is 14.4 Å². The number of aliphatic carboxylic acids is 1. The van der Waals surface area contributed by atoms with E-state index in [4.69, 9.17) is 9.52 Å². The minimum Gasteiger partial charge on any atom is -0.481 e. The lowest BCUT2D eigenvalue weighted by molar-refractivity contribution is -0.141. The largest absolute Gasteiger partial charge is 0.481 e. The quantitative estimate of drug-likeness (QED) is 0.824. The van der Waals surface area contributed by atoms with Crippen LogP contribution in [0.15, 0.2) is 22.8 Å². The van der Waals surface area contributed by atoms with Gasteiger partial charge in [0.2, 0.25) is 0 Å². The zero-order valence-electron chi connectivity index (χ0n) is 11.6. The van der Waals surface area contributed by atoms with Crippen molar-refractivity contribution in [2.45, 2.75) is 27.2 Å². The first kappa shape index (κ1) is 15.3. The zero-order valence-corrected chi connectivity index (χ0v) is 11.6. The summed E-state index contributed by atoms with van der Waals surface area (Å²) in [7, 11) is 0. The summed E-state index contributed by atoms with van der Waals surface area (Å²) in [5.41, 5.74) is 0. The molecule has 106 valence electrons. The maximum Gasteiger partial charge on any atom is 0.308 e. The highest BCUT2D eigenvalue weighted by Crippen LogP contribution is 2.11. The van der Waals surface area contributed by atoms with Crippen molar-refractivity contribution in [2.75, 3.05) is 13.1 Å². The first-order valence-corrected chi connectivity index (χ1v) is 6.47. The normalized spacial score (nSPS) is 12.4. The molecule has 0 aliphatic carbocycles. The Morgan fingerprint density at radius 2 is 2.05 bits per heavy atom. The van der Waals surface area contributed by atoms with Crippen LogP contribution in [0.25, 0.3) is 0 Å². The van der Waals surface area contributed by atoms with E-state index in [-0.39, 0.29) is 18.2 Å². The third-order valence-electron chi connectivity index (χ3n) is 2.91. The van der Waals surface area contributed by atoms with Crippen molar-refractivity contribution >= 4 is 11.9 Å². The van der Waals surface area contributed by atoms with E-state index in [0.29, 0.717) is 12.5 Å². The lowest BCUT2D eigenvalue weighted by atomic mass is 10.1. The molecular weight excluding hydrogens is 246 g/mol. The molecule has 0 fully saturated rings. The van der Waals surface area contributed by atoms with Crippen LogP contribution in [0.1, 0.15) is 37.7 Å². The molecule has 1 unspecified atom stereocenters. The third-order valence-corrected chi connectivity index (χ3v) is 2.91. The minimum atomic E-state index is -0.901. The van der Waals surface area contributed by atoms with Crippen LogP contribution in [0.5, 0.6) is 0 Å². The van der Waals surface area contributed by atoms with Crippen LogP contribution in [-0.2, 0) is 4.79 Å². The minimum absolute atomic E-state index is 0.196. The summed E-state index contributed by atoms with van der Waals surface area (Å²) in [6.07, 6.45) is 2.27. The Hall–Kier alpha value is -1.78. The second kappa shape index (κ2) is 6.97. The molecule has 1 atom stereocenters. The molecular formula is C14H21NO4. The monoisotopic (exact) mass is 267 g/mol. The number of amides is 1. The van der Waals surface area contributed by atoms with Gasteiger partial charge in [-0.25, -0.2) is 0 Å². The van der Waals surface area contributed by atoms with Gasteiger partial charge in [-0.2, -0.15) is 0 Å². The number of hydrogen-bond donors (Lipinski definition) is 1. The van der Waals surface area contributed by atoms with E-state index in [1.54, 1.807) is 24.0 Å². The summed E-state index contributed by atoms with van der Waals surface area (Å²) in [6.45, 7) is 6.46. The van der Waals surface area contributed by atoms with Crippen LogP contribution in [0.2, 0.25) is 0 Å². The summed E-state index contributed by atoms with van der Waals surface area (Å²) in [4.78, 5) is 24.7. The SMILES string of the molecule is CC(C)CCN(CC(C)C(=O)O)C(=O)c1ccco1. The highest BCUT2D eigenvalue weighted by molar-refractivity contribution is 5.91. The average Bonchev–Trinajstić information content (AvgIpc) is 2.86. The molecule has 19 heavy (non-hydrogen) atoms. The summed E-state index contributed by atoms with van der Waals surface area (Å²) in [6, 6.07) is 3.24. The Bertz CT molecular complexity index is 411. The smallest absolute Gasteiger partial charge is 0.308 e. The number of carboxylic acid groups (broad SMARTS) is 1. The van der Waals surface area contributed by atoms with Crippen LogP contribution in [0, 0.1) is 11.8 Å². The first-order chi connectivity index (χ1) is 8.91. The molecule has 1 N–H and O–H groups in total. The molecule has 0 bridgehead atoms. The van der Waals surface area contributed by atoms with Gasteiger partial charge in [-0.1, -0.05) is 20.8 Å².